The molecule has 5 rings (SSSR count). The Balaban J connectivity index is 1.43. The van der Waals surface area contributed by atoms with Gasteiger partial charge in [-0.15, -0.1) is 0 Å². The molecule has 1 aliphatic rings. The van der Waals surface area contributed by atoms with Crippen LogP contribution in [0.5, 0.6) is 0 Å². The third kappa shape index (κ3) is 4.80. The fourth-order valence-corrected chi connectivity index (χ4v) is 5.69. The van der Waals surface area contributed by atoms with Crippen molar-refractivity contribution in [1.29, 1.82) is 0 Å². The predicted molar refractivity (Wildman–Crippen MR) is 151 cm³/mol. The molecule has 0 bridgehead atoms. The van der Waals surface area contributed by atoms with Crippen molar-refractivity contribution in [1.82, 2.24) is 15.0 Å². The largest absolute Gasteiger partial charge is 0.342 e. The second kappa shape index (κ2) is 10.1. The zero-order valence-electron chi connectivity index (χ0n) is 19.0. The first-order valence-electron chi connectivity index (χ1n) is 11.0. The molecule has 2 heterocycles. The summed E-state index contributed by atoms with van der Waals surface area (Å²) in [7, 11) is 0. The zero-order valence-corrected chi connectivity index (χ0v) is 22.1. The molecule has 1 aromatic heterocycles. The van der Waals surface area contributed by atoms with Gasteiger partial charge in [0.1, 0.15) is 0 Å². The zero-order chi connectivity index (χ0) is 25.4. The van der Waals surface area contributed by atoms with Crippen molar-refractivity contribution in [3.8, 4) is 0 Å². The molecule has 0 unspecified atom stereocenters. The number of aromatic nitrogens is 1. The van der Waals surface area contributed by atoms with Gasteiger partial charge in [-0.2, -0.15) is 5.01 Å². The molecule has 2 amide bonds. The normalized spacial score (nSPS) is 14.8. The lowest BCUT2D eigenvalue weighted by Gasteiger charge is -2.16. The van der Waals surface area contributed by atoms with Crippen molar-refractivity contribution in [2.24, 2.45) is 0 Å². The van der Waals surface area contributed by atoms with Gasteiger partial charge >= 0.3 is 0 Å². The van der Waals surface area contributed by atoms with Crippen LogP contribution in [0, 0.1) is 6.92 Å². The van der Waals surface area contributed by atoms with Gasteiger partial charge in [-0.25, -0.2) is 0 Å². The van der Waals surface area contributed by atoms with Crippen LogP contribution in [-0.2, 0) is 11.3 Å². The van der Waals surface area contributed by atoms with Crippen molar-refractivity contribution < 1.29 is 9.59 Å². The number of hydrogen-bond acceptors (Lipinski definition) is 4. The first-order valence-corrected chi connectivity index (χ1v) is 13.0. The third-order valence-corrected chi connectivity index (χ3v) is 7.76. The van der Waals surface area contributed by atoms with Crippen LogP contribution in [0.2, 0.25) is 10.0 Å². The van der Waals surface area contributed by atoms with Crippen molar-refractivity contribution in [2.45, 2.75) is 13.5 Å². The number of thioether (sulfide) groups is 1. The minimum Gasteiger partial charge on any atom is -0.342 e. The Morgan fingerprint density at radius 1 is 1.06 bits per heavy atom. The van der Waals surface area contributed by atoms with Crippen LogP contribution >= 0.6 is 47.2 Å². The standard InChI is InChI=1S/C27H19Cl2N3O2S2/c1-16-10-11-20(22(29)12-16)25(33)30-32-26(34)24(36-27(32)35)13-18-15-31(23-9-5-3-7-19(18)23)14-17-6-2-4-8-21(17)28/h2-13,15H,14H2,1H3,(H,30,33)/b24-13+. The van der Waals surface area contributed by atoms with E-state index in [9.17, 15) is 9.59 Å². The number of nitrogens with zero attached hydrogens (tertiary/aromatic N) is 2. The summed E-state index contributed by atoms with van der Waals surface area (Å²) >= 11 is 19.1. The van der Waals surface area contributed by atoms with E-state index in [2.05, 4.69) is 9.99 Å². The molecule has 0 atom stereocenters. The monoisotopic (exact) mass is 551 g/mol. The molecule has 9 heteroatoms. The van der Waals surface area contributed by atoms with Gasteiger partial charge < -0.3 is 4.57 Å². The number of benzene rings is 3. The average molecular weight is 553 g/mol. The number of nitrogens with one attached hydrogen (secondary N) is 1. The molecule has 0 aliphatic carbocycles. The number of carbonyl (C=O) groups excluding carboxylic acids is 2. The Labute approximate surface area is 227 Å². The number of hydrogen-bond donors (Lipinski definition) is 1. The van der Waals surface area contributed by atoms with E-state index in [1.165, 1.54) is 0 Å². The Kier molecular flexibility index (Phi) is 6.90. The molecular weight excluding hydrogens is 533 g/mol. The van der Waals surface area contributed by atoms with E-state index in [-0.39, 0.29) is 9.88 Å². The second-order valence-electron chi connectivity index (χ2n) is 8.26. The van der Waals surface area contributed by atoms with E-state index < -0.39 is 11.8 Å². The van der Waals surface area contributed by atoms with Crippen LogP contribution in [0.25, 0.3) is 17.0 Å². The van der Waals surface area contributed by atoms with Crippen LogP contribution in [0.15, 0.2) is 77.8 Å². The van der Waals surface area contributed by atoms with Crippen LogP contribution in [-0.4, -0.2) is 25.7 Å². The van der Waals surface area contributed by atoms with Gasteiger partial charge in [0, 0.05) is 34.2 Å². The first-order chi connectivity index (χ1) is 17.3. The second-order valence-corrected chi connectivity index (χ2v) is 10.8. The summed E-state index contributed by atoms with van der Waals surface area (Å²) in [6.07, 6.45) is 3.79. The number of fused-ring (bicyclic) bond motifs is 1. The lowest BCUT2D eigenvalue weighted by Crippen LogP contribution is -2.44. The van der Waals surface area contributed by atoms with Gasteiger partial charge in [0.05, 0.1) is 15.5 Å². The minimum atomic E-state index is -0.506. The average Bonchev–Trinajstić information content (AvgIpc) is 3.32. The quantitative estimate of drug-likeness (QED) is 0.217. The SMILES string of the molecule is Cc1ccc(C(=O)NN2C(=O)/C(=C\c3cn(Cc4ccccc4Cl)c4ccccc34)SC2=S)c(Cl)c1. The van der Waals surface area contributed by atoms with E-state index >= 15 is 0 Å². The smallest absolute Gasteiger partial charge is 0.285 e. The number of rotatable bonds is 5. The number of carbonyl (C=O) groups is 2. The Bertz CT molecular complexity index is 1580. The van der Waals surface area contributed by atoms with Crippen LogP contribution in [0.3, 0.4) is 0 Å². The third-order valence-electron chi connectivity index (χ3n) is 5.78. The summed E-state index contributed by atoms with van der Waals surface area (Å²) in [5, 5.41) is 3.08. The first kappa shape index (κ1) is 24.6. The summed E-state index contributed by atoms with van der Waals surface area (Å²) in [5.41, 5.74) is 6.66. The summed E-state index contributed by atoms with van der Waals surface area (Å²) in [4.78, 5) is 26.4. The van der Waals surface area contributed by atoms with Gasteiger partial charge in [0.2, 0.25) is 0 Å². The molecule has 1 aliphatic heterocycles. The van der Waals surface area contributed by atoms with Crippen molar-refractivity contribution in [3.05, 3.63) is 110 Å². The fraction of sp³-hybridized carbons (Fsp3) is 0.0741. The van der Waals surface area contributed by atoms with Crippen LogP contribution in [0.4, 0.5) is 0 Å². The van der Waals surface area contributed by atoms with Crippen LogP contribution in [0.1, 0.15) is 27.0 Å². The molecule has 180 valence electrons. The van der Waals surface area contributed by atoms with E-state index in [1.54, 1.807) is 24.3 Å². The van der Waals surface area contributed by atoms with Crippen molar-refractivity contribution in [3.63, 3.8) is 0 Å². The van der Waals surface area contributed by atoms with Crippen LogP contribution < -0.4 is 5.43 Å². The Morgan fingerprint density at radius 3 is 2.58 bits per heavy atom. The highest BCUT2D eigenvalue weighted by molar-refractivity contribution is 8.26. The molecule has 1 N–H and O–H groups in total. The minimum absolute atomic E-state index is 0.239. The van der Waals surface area contributed by atoms with E-state index in [4.69, 9.17) is 35.4 Å². The highest BCUT2D eigenvalue weighted by atomic mass is 35.5. The lowest BCUT2D eigenvalue weighted by atomic mass is 10.1. The number of halogens is 2. The number of thiocarbonyl (C=S) groups is 1. The summed E-state index contributed by atoms with van der Waals surface area (Å²) in [6, 6.07) is 20.8. The molecule has 1 fully saturated rings. The molecule has 1 saturated heterocycles. The fourth-order valence-electron chi connectivity index (χ4n) is 4.00. The molecule has 5 nitrogen and oxygen atoms in total. The Hall–Kier alpha value is -3.10. The molecule has 0 spiro atoms. The predicted octanol–water partition coefficient (Wildman–Crippen LogP) is 6.85. The summed E-state index contributed by atoms with van der Waals surface area (Å²) in [6.45, 7) is 2.47. The van der Waals surface area contributed by atoms with Gasteiger partial charge in [-0.1, -0.05) is 77.4 Å². The van der Waals surface area contributed by atoms with Crippen molar-refractivity contribution >= 4 is 80.3 Å². The van der Waals surface area contributed by atoms with Gasteiger partial charge in [0.15, 0.2) is 4.32 Å². The maximum absolute atomic E-state index is 13.2. The summed E-state index contributed by atoms with van der Waals surface area (Å²) < 4.78 is 2.34. The number of hydrazine groups is 1. The molecular formula is C27H19Cl2N3O2S2. The number of para-hydroxylation sites is 1. The highest BCUT2D eigenvalue weighted by Crippen LogP contribution is 2.34. The number of amides is 2. The topological polar surface area (TPSA) is 54.3 Å². The van der Waals surface area contributed by atoms with E-state index in [0.717, 1.165) is 44.4 Å². The Morgan fingerprint density at radius 2 is 1.81 bits per heavy atom. The van der Waals surface area contributed by atoms with Gasteiger partial charge in [0.25, 0.3) is 11.8 Å². The maximum Gasteiger partial charge on any atom is 0.285 e. The molecule has 4 aromatic rings. The molecule has 0 radical (unpaired) electrons. The number of aryl methyl sites for hydroxylation is 1. The van der Waals surface area contributed by atoms with Gasteiger partial charge in [-0.05, 0) is 60.6 Å². The molecule has 36 heavy (non-hydrogen) atoms. The van der Waals surface area contributed by atoms with E-state index in [0.29, 0.717) is 21.5 Å². The molecule has 0 saturated carbocycles. The maximum atomic E-state index is 13.2. The molecule has 3 aromatic carbocycles. The highest BCUT2D eigenvalue weighted by Gasteiger charge is 2.34. The van der Waals surface area contributed by atoms with Crippen molar-refractivity contribution in [2.75, 3.05) is 0 Å². The van der Waals surface area contributed by atoms with Gasteiger partial charge in [-0.3, -0.25) is 15.0 Å². The summed E-state index contributed by atoms with van der Waals surface area (Å²) in [5.74, 6) is -0.904. The lowest BCUT2D eigenvalue weighted by molar-refractivity contribution is -0.123. The van der Waals surface area contributed by atoms with E-state index in [1.807, 2.05) is 61.7 Å².